The van der Waals surface area contributed by atoms with E-state index >= 15 is 4.79 Å². The third kappa shape index (κ3) is 7.86. The highest BCUT2D eigenvalue weighted by atomic mass is 28.3. The number of esters is 1. The van der Waals surface area contributed by atoms with Crippen molar-refractivity contribution in [2.75, 3.05) is 37.2 Å². The maximum absolute atomic E-state index is 15.7. The molecule has 13 nitrogen and oxygen atoms in total. The van der Waals surface area contributed by atoms with Gasteiger partial charge in [0.05, 0.1) is 63.6 Å². The molecule has 5 atom stereocenters. The minimum Gasteiger partial charge on any atom is -0.497 e. The first-order valence-electron chi connectivity index (χ1n) is 22.6. The highest BCUT2D eigenvalue weighted by molar-refractivity contribution is 6.91. The molecule has 5 aromatic carbocycles. The number of unbranched alkanes of at least 4 members (excludes halogenated alkanes) is 1. The second kappa shape index (κ2) is 18.3. The van der Waals surface area contributed by atoms with E-state index in [4.69, 9.17) is 18.9 Å². The number of fused-ring (bicyclic) bond motifs is 4. The Kier molecular flexibility index (Phi) is 12.4. The van der Waals surface area contributed by atoms with Gasteiger partial charge in [-0.2, -0.15) is 0 Å². The van der Waals surface area contributed by atoms with Crippen molar-refractivity contribution in [1.29, 1.82) is 0 Å². The minimum atomic E-state index is -2.54. The Morgan fingerprint density at radius 3 is 2.33 bits per heavy atom. The summed E-state index contributed by atoms with van der Waals surface area (Å²) in [6, 6.07) is 38.5. The van der Waals surface area contributed by atoms with E-state index in [0.29, 0.717) is 77.7 Å². The summed E-state index contributed by atoms with van der Waals surface area (Å²) in [6.45, 7) is 7.53. The van der Waals surface area contributed by atoms with Crippen molar-refractivity contribution in [3.8, 4) is 17.2 Å². The zero-order valence-corrected chi connectivity index (χ0v) is 38.9. The summed E-state index contributed by atoms with van der Waals surface area (Å²) in [4.78, 5) is 46.0. The first-order chi connectivity index (χ1) is 32.0. The normalized spacial score (nSPS) is 20.4. The van der Waals surface area contributed by atoms with Crippen LogP contribution < -0.4 is 24.5 Å². The van der Waals surface area contributed by atoms with Crippen LogP contribution in [0.5, 0.6) is 17.2 Å². The number of nitrogens with zero attached hydrogens (tertiary/aromatic N) is 5. The number of carbonyl (C=O) groups is 3. The van der Waals surface area contributed by atoms with Crippen LogP contribution >= 0.6 is 0 Å². The first-order valence-corrected chi connectivity index (χ1v) is 25.7. The van der Waals surface area contributed by atoms with Gasteiger partial charge in [-0.1, -0.05) is 97.1 Å². The van der Waals surface area contributed by atoms with Crippen molar-refractivity contribution in [3.63, 3.8) is 0 Å². The van der Waals surface area contributed by atoms with Crippen LogP contribution in [0, 0.1) is 5.92 Å². The van der Waals surface area contributed by atoms with Gasteiger partial charge in [0.1, 0.15) is 11.5 Å². The van der Waals surface area contributed by atoms with Crippen molar-refractivity contribution in [2.24, 2.45) is 5.92 Å². The highest BCUT2D eigenvalue weighted by Crippen LogP contribution is 2.61. The molecule has 14 heteroatoms. The molecule has 3 aliphatic rings. The average molecular weight is 906 g/mol. The van der Waals surface area contributed by atoms with Crippen LogP contribution in [0.25, 0.3) is 0 Å². The molecule has 1 N–H and O–H groups in total. The molecule has 3 aliphatic heterocycles. The van der Waals surface area contributed by atoms with Crippen LogP contribution in [-0.2, 0) is 31.2 Å². The molecule has 6 aromatic rings. The number of methoxy groups -OCH3 is 2. The number of rotatable bonds is 15. The number of ether oxygens (including phenoxy) is 4. The van der Waals surface area contributed by atoms with Crippen LogP contribution in [0.4, 0.5) is 17.1 Å². The van der Waals surface area contributed by atoms with Crippen molar-refractivity contribution < 1.29 is 38.4 Å². The summed E-state index contributed by atoms with van der Waals surface area (Å²) in [7, 11) is 0.499. The van der Waals surface area contributed by atoms with Crippen molar-refractivity contribution >= 4 is 48.1 Å². The van der Waals surface area contributed by atoms with Gasteiger partial charge in [0.2, 0.25) is 0 Å². The Hall–Kier alpha value is -6.61. The molecule has 9 rings (SSSR count). The number of anilines is 3. The van der Waals surface area contributed by atoms with Gasteiger partial charge in [-0.25, -0.2) is 0 Å². The average Bonchev–Trinajstić information content (AvgIpc) is 3.97. The number of amides is 2. The van der Waals surface area contributed by atoms with Crippen LogP contribution in [0.1, 0.15) is 65.7 Å². The van der Waals surface area contributed by atoms with Crippen molar-refractivity contribution in [1.82, 2.24) is 15.0 Å². The topological polar surface area (TPSA) is 146 Å². The zero-order chi connectivity index (χ0) is 46.2. The molecule has 0 saturated carbocycles. The van der Waals surface area contributed by atoms with Gasteiger partial charge in [-0.15, -0.1) is 5.10 Å². The number of hydrogen-bond acceptors (Lipinski definition) is 10. The monoisotopic (exact) mass is 905 g/mol. The fraction of sp³-hybridized carbons (Fsp3) is 0.327. The van der Waals surface area contributed by atoms with Gasteiger partial charge in [0.25, 0.3) is 11.8 Å². The second-order valence-corrected chi connectivity index (χ2v) is 22.6. The standard InChI is InChI=1S/C52H55N5O8Si/c1-34-49(66(4,5)38-25-23-37(62-2)24-26-38)47(28-30-55-32-42(53-54-55)40(33-58)35-15-7-6-8-16-35)65-52(34)41-31-36(22-27-43(41)56(51(52)61)29-14-13-21-48(59)63-3)57-44-18-10-12-20-46(44)64-45-19-11-9-17-39(45)50(57)60/h6-12,15-20,22-27,31-32,34,40,47,49,58H,13-14,21,28-30,33H2,1-5H3/t34-,40?,47+,49-,52+/m0/s1. The van der Waals surface area contributed by atoms with E-state index in [2.05, 4.69) is 42.5 Å². The number of hydrogen-bond donors (Lipinski definition) is 1. The summed E-state index contributed by atoms with van der Waals surface area (Å²) >= 11 is 0. The van der Waals surface area contributed by atoms with Gasteiger partial charge in [0, 0.05) is 42.9 Å². The van der Waals surface area contributed by atoms with E-state index in [1.807, 2.05) is 108 Å². The van der Waals surface area contributed by atoms with Gasteiger partial charge in [0.15, 0.2) is 11.4 Å². The quantitative estimate of drug-likeness (QED) is 0.0605. The summed E-state index contributed by atoms with van der Waals surface area (Å²) in [5.41, 5.74) is 3.07. The number of aliphatic hydroxyl groups is 1. The maximum Gasteiger partial charge on any atom is 0.305 e. The molecule has 2 amide bonds. The third-order valence-electron chi connectivity index (χ3n) is 13.9. The van der Waals surface area contributed by atoms with Crippen molar-refractivity contribution in [3.05, 3.63) is 150 Å². The number of carbonyl (C=O) groups excluding carboxylic acids is 3. The molecule has 1 aromatic heterocycles. The van der Waals surface area contributed by atoms with Gasteiger partial charge in [-0.05, 0) is 85.0 Å². The number of aryl methyl sites for hydroxylation is 1. The van der Waals surface area contributed by atoms with Gasteiger partial charge in [-0.3, -0.25) is 24.0 Å². The molecule has 66 heavy (non-hydrogen) atoms. The van der Waals surface area contributed by atoms with Gasteiger partial charge >= 0.3 is 5.97 Å². The third-order valence-corrected chi connectivity index (χ3v) is 18.3. The lowest BCUT2D eigenvalue weighted by Gasteiger charge is -2.37. The Bertz CT molecular complexity index is 2750. The fourth-order valence-corrected chi connectivity index (χ4v) is 14.6. The molecule has 0 bridgehead atoms. The first kappa shape index (κ1) is 44.6. The predicted molar refractivity (Wildman–Crippen MR) is 254 cm³/mol. The van der Waals surface area contributed by atoms with E-state index in [1.165, 1.54) is 12.3 Å². The molecule has 1 unspecified atom stereocenters. The molecule has 340 valence electrons. The van der Waals surface area contributed by atoms with E-state index in [0.717, 1.165) is 11.3 Å². The second-order valence-electron chi connectivity index (χ2n) is 17.9. The number of aliphatic hydroxyl groups excluding tert-OH is 1. The molecular formula is C52H55N5O8Si. The van der Waals surface area contributed by atoms with E-state index in [9.17, 15) is 14.7 Å². The minimum absolute atomic E-state index is 0.0797. The molecular weight excluding hydrogens is 851 g/mol. The molecule has 1 fully saturated rings. The zero-order valence-electron chi connectivity index (χ0n) is 37.9. The Morgan fingerprint density at radius 1 is 0.864 bits per heavy atom. The summed E-state index contributed by atoms with van der Waals surface area (Å²) in [6.07, 6.45) is 3.34. The molecule has 0 radical (unpaired) electrons. The Balaban J connectivity index is 1.14. The van der Waals surface area contributed by atoms with Crippen molar-refractivity contribution in [2.45, 2.75) is 75.4 Å². The number of aromatic nitrogens is 3. The Morgan fingerprint density at radius 2 is 1.59 bits per heavy atom. The molecule has 0 aliphatic carbocycles. The van der Waals surface area contributed by atoms with E-state index in [1.54, 1.807) is 28.8 Å². The lowest BCUT2D eigenvalue weighted by molar-refractivity contribution is -0.146. The number of benzene rings is 5. The maximum atomic E-state index is 15.7. The molecule has 1 saturated heterocycles. The molecule has 4 heterocycles. The summed E-state index contributed by atoms with van der Waals surface area (Å²) in [5, 5.41) is 20.7. The van der Waals surface area contributed by atoms with Gasteiger partial charge < -0.3 is 29.0 Å². The van der Waals surface area contributed by atoms with Crippen LogP contribution in [0.15, 0.2) is 128 Å². The SMILES string of the molecule is COC(=O)CCCCN1C(=O)[C@]2(O[C@H](CCn3cc(C(CO)c4ccccc4)nn3)[C@@H]([Si](C)(C)c3ccc(OC)cc3)[C@@H]2C)c2cc(N3C(=O)c4ccccc4Oc4ccccc43)ccc21. The highest BCUT2D eigenvalue weighted by Gasteiger charge is 2.66. The van der Waals surface area contributed by atoms with Crippen LogP contribution in [-0.4, -0.2) is 79.4 Å². The Labute approximate surface area is 385 Å². The number of para-hydroxylation sites is 3. The fourth-order valence-electron chi connectivity index (χ4n) is 10.5. The largest absolute Gasteiger partial charge is 0.497 e. The molecule has 1 spiro atoms. The smallest absolute Gasteiger partial charge is 0.305 e. The summed E-state index contributed by atoms with van der Waals surface area (Å²) < 4.78 is 26.2. The van der Waals surface area contributed by atoms with E-state index < -0.39 is 19.8 Å². The predicted octanol–water partition coefficient (Wildman–Crippen LogP) is 8.49. The van der Waals surface area contributed by atoms with Crippen LogP contribution in [0.3, 0.4) is 0 Å². The lowest BCUT2D eigenvalue weighted by atomic mass is 9.82. The van der Waals surface area contributed by atoms with E-state index in [-0.39, 0.29) is 48.2 Å². The summed E-state index contributed by atoms with van der Waals surface area (Å²) in [5.74, 6) is 0.361. The lowest BCUT2D eigenvalue weighted by Crippen LogP contribution is -2.52. The van der Waals surface area contributed by atoms with Crippen LogP contribution in [0.2, 0.25) is 18.6 Å².